The second kappa shape index (κ2) is 9.52. The van der Waals surface area contributed by atoms with E-state index in [-0.39, 0.29) is 18.2 Å². The first kappa shape index (κ1) is 21.4. The molecule has 0 radical (unpaired) electrons. The number of rotatable bonds is 7. The van der Waals surface area contributed by atoms with Gasteiger partial charge in [-0.2, -0.15) is 0 Å². The lowest BCUT2D eigenvalue weighted by Crippen LogP contribution is -2.38. The van der Waals surface area contributed by atoms with Crippen molar-refractivity contribution >= 4 is 28.1 Å². The zero-order valence-electron chi connectivity index (χ0n) is 17.8. The second-order valence-corrected chi connectivity index (χ2v) is 8.61. The third kappa shape index (κ3) is 5.08. The molecule has 1 aromatic carbocycles. The number of ether oxygens (including phenoxy) is 1. The molecule has 0 saturated carbocycles. The van der Waals surface area contributed by atoms with Gasteiger partial charge in [-0.1, -0.05) is 11.2 Å². The molecule has 0 fully saturated rings. The molecule has 1 aromatic heterocycles. The topological polar surface area (TPSA) is 132 Å². The molecule has 31 heavy (non-hydrogen) atoms. The van der Waals surface area contributed by atoms with Crippen molar-refractivity contribution in [2.45, 2.75) is 44.9 Å². The first-order valence-corrected chi connectivity index (χ1v) is 11.4. The number of thiazole rings is 1. The van der Waals surface area contributed by atoms with Crippen LogP contribution in [0.25, 0.3) is 0 Å². The van der Waals surface area contributed by atoms with Crippen molar-refractivity contribution in [2.24, 2.45) is 15.9 Å². The number of fused-ring (bicyclic) bond motifs is 1. The summed E-state index contributed by atoms with van der Waals surface area (Å²) >= 11 is 1.39. The lowest BCUT2D eigenvalue weighted by atomic mass is 9.96. The van der Waals surface area contributed by atoms with Gasteiger partial charge in [-0.15, -0.1) is 11.3 Å². The van der Waals surface area contributed by atoms with E-state index in [0.29, 0.717) is 30.5 Å². The molecule has 0 saturated heterocycles. The number of hydrogen-bond acceptors (Lipinski definition) is 10. The summed E-state index contributed by atoms with van der Waals surface area (Å²) in [6.07, 6.45) is 1.56. The van der Waals surface area contributed by atoms with Crippen molar-refractivity contribution in [3.8, 4) is 5.75 Å². The minimum atomic E-state index is -0.181. The summed E-state index contributed by atoms with van der Waals surface area (Å²) in [7, 11) is 0. The first-order chi connectivity index (χ1) is 15.0. The second-order valence-electron chi connectivity index (χ2n) is 7.72. The average molecular weight is 444 g/mol. The molecular weight excluding hydrogens is 414 g/mol. The number of aliphatic imine (C=N–C) groups is 1. The van der Waals surface area contributed by atoms with Crippen LogP contribution < -0.4 is 26.8 Å². The number of oxime groups is 1. The first-order valence-electron chi connectivity index (χ1n) is 10.5. The number of guanidine groups is 1. The van der Waals surface area contributed by atoms with Gasteiger partial charge in [0, 0.05) is 18.5 Å². The fraction of sp³-hybridized carbons (Fsp3) is 0.476. The Hall–Kier alpha value is -2.85. The normalized spacial score (nSPS) is 21.5. The predicted octanol–water partition coefficient (Wildman–Crippen LogP) is 1.80. The maximum absolute atomic E-state index is 6.22. The van der Waals surface area contributed by atoms with E-state index >= 15 is 0 Å². The molecular formula is C21H29N7O2S. The highest BCUT2D eigenvalue weighted by Gasteiger charge is 2.28. The highest BCUT2D eigenvalue weighted by atomic mass is 32.1. The smallest absolute Gasteiger partial charge is 0.191 e. The quantitative estimate of drug-likeness (QED) is 0.379. The van der Waals surface area contributed by atoms with E-state index in [0.717, 1.165) is 30.2 Å². The number of hydrogen-bond donors (Lipinski definition) is 4. The third-order valence-electron chi connectivity index (χ3n) is 5.42. The Balaban J connectivity index is 1.34. The number of nitrogen functional groups attached to an aromatic ring is 1. The summed E-state index contributed by atoms with van der Waals surface area (Å²) in [4.78, 5) is 14.4. The van der Waals surface area contributed by atoms with E-state index in [4.69, 9.17) is 21.0 Å². The highest BCUT2D eigenvalue weighted by molar-refractivity contribution is 7.13. The van der Waals surface area contributed by atoms with Crippen LogP contribution in [0.4, 0.5) is 5.13 Å². The Bertz CT molecular complexity index is 974. The summed E-state index contributed by atoms with van der Waals surface area (Å²) < 4.78 is 6.22. The van der Waals surface area contributed by atoms with Gasteiger partial charge in [0.15, 0.2) is 17.2 Å². The molecule has 0 aliphatic carbocycles. The summed E-state index contributed by atoms with van der Waals surface area (Å²) in [6, 6.07) is 6.53. The van der Waals surface area contributed by atoms with Gasteiger partial charge in [-0.05, 0) is 49.9 Å². The molecule has 9 nitrogen and oxygen atoms in total. The Morgan fingerprint density at radius 2 is 2.35 bits per heavy atom. The number of nitrogens with one attached hydrogen (secondary N) is 2. The molecule has 3 atom stereocenters. The van der Waals surface area contributed by atoms with Gasteiger partial charge < -0.3 is 31.7 Å². The van der Waals surface area contributed by atoms with Gasteiger partial charge in [0.25, 0.3) is 0 Å². The average Bonchev–Trinajstić information content (AvgIpc) is 3.44. The number of anilines is 1. The van der Waals surface area contributed by atoms with Crippen LogP contribution in [-0.2, 0) is 11.3 Å². The van der Waals surface area contributed by atoms with E-state index in [1.807, 2.05) is 25.3 Å². The standard InChI is InChI=1S/C21H29N7O2S/c1-12(17-11-31-20(23)26-17)28-30-13(2)18-5-4-15-9-14(3-6-19(15)29-18)16-10-25-21(27-16)24-8-7-22/h3,6,9,11,13,16,18H,4-5,7-8,10,22H2,1-2H3,(H2,23,26)(H2,24,25,27)/b28-12+. The summed E-state index contributed by atoms with van der Waals surface area (Å²) in [6.45, 7) is 5.83. The SMILES string of the molecule is C/C(=N\OC(C)C1CCc2cc(C3CN=C(NCCN)N3)ccc2O1)c1csc(N)n1. The molecule has 6 N–H and O–H groups in total. The molecule has 4 rings (SSSR count). The van der Waals surface area contributed by atoms with Gasteiger partial charge in [0.1, 0.15) is 23.3 Å². The number of benzene rings is 1. The third-order valence-corrected chi connectivity index (χ3v) is 6.09. The molecule has 3 heterocycles. The van der Waals surface area contributed by atoms with Crippen LogP contribution in [0.2, 0.25) is 0 Å². The van der Waals surface area contributed by atoms with E-state index in [1.54, 1.807) is 0 Å². The molecule has 0 amide bonds. The van der Waals surface area contributed by atoms with Gasteiger partial charge in [0.05, 0.1) is 12.6 Å². The molecule has 0 spiro atoms. The van der Waals surface area contributed by atoms with E-state index in [2.05, 4.69) is 37.9 Å². The van der Waals surface area contributed by atoms with Gasteiger partial charge in [0.2, 0.25) is 0 Å². The summed E-state index contributed by atoms with van der Waals surface area (Å²) in [5.41, 5.74) is 15.1. The summed E-state index contributed by atoms with van der Waals surface area (Å²) in [5.74, 6) is 1.72. The minimum Gasteiger partial charge on any atom is -0.486 e. The van der Waals surface area contributed by atoms with Gasteiger partial charge in [-0.3, -0.25) is 4.99 Å². The van der Waals surface area contributed by atoms with Gasteiger partial charge in [-0.25, -0.2) is 4.98 Å². The van der Waals surface area contributed by atoms with Crippen molar-refractivity contribution < 1.29 is 9.57 Å². The van der Waals surface area contributed by atoms with Crippen LogP contribution in [0, 0.1) is 0 Å². The zero-order chi connectivity index (χ0) is 21.8. The van der Waals surface area contributed by atoms with Crippen molar-refractivity contribution in [1.29, 1.82) is 0 Å². The van der Waals surface area contributed by atoms with E-state index in [9.17, 15) is 0 Å². The Morgan fingerprint density at radius 1 is 1.48 bits per heavy atom. The van der Waals surface area contributed by atoms with Crippen molar-refractivity contribution in [1.82, 2.24) is 15.6 Å². The number of nitrogens with zero attached hydrogens (tertiary/aromatic N) is 3. The monoisotopic (exact) mass is 443 g/mol. The molecule has 10 heteroatoms. The van der Waals surface area contributed by atoms with Crippen LogP contribution in [-0.4, -0.2) is 48.5 Å². The van der Waals surface area contributed by atoms with Crippen LogP contribution in [0.5, 0.6) is 5.75 Å². The fourth-order valence-electron chi connectivity index (χ4n) is 3.63. The Labute approximate surface area is 185 Å². The molecule has 166 valence electrons. The minimum absolute atomic E-state index is 0.0598. The van der Waals surface area contributed by atoms with Crippen LogP contribution >= 0.6 is 11.3 Å². The van der Waals surface area contributed by atoms with E-state index < -0.39 is 0 Å². The molecule has 0 bridgehead atoms. The number of aromatic nitrogens is 1. The molecule has 2 aliphatic heterocycles. The van der Waals surface area contributed by atoms with Crippen LogP contribution in [0.1, 0.15) is 43.1 Å². The number of nitrogens with two attached hydrogens (primary N) is 2. The zero-order valence-corrected chi connectivity index (χ0v) is 18.6. The van der Waals surface area contributed by atoms with Crippen LogP contribution in [0.3, 0.4) is 0 Å². The Kier molecular flexibility index (Phi) is 6.57. The van der Waals surface area contributed by atoms with Crippen molar-refractivity contribution in [2.75, 3.05) is 25.4 Å². The fourth-order valence-corrected chi connectivity index (χ4v) is 4.24. The lowest BCUT2D eigenvalue weighted by molar-refractivity contribution is -0.0203. The predicted molar refractivity (Wildman–Crippen MR) is 124 cm³/mol. The molecule has 3 unspecified atom stereocenters. The van der Waals surface area contributed by atoms with Gasteiger partial charge >= 0.3 is 0 Å². The number of aryl methyl sites for hydroxylation is 1. The van der Waals surface area contributed by atoms with E-state index in [1.165, 1.54) is 22.5 Å². The lowest BCUT2D eigenvalue weighted by Gasteiger charge is -2.29. The van der Waals surface area contributed by atoms with Crippen LogP contribution in [0.15, 0.2) is 33.7 Å². The largest absolute Gasteiger partial charge is 0.486 e. The van der Waals surface area contributed by atoms with Crippen molar-refractivity contribution in [3.05, 3.63) is 40.4 Å². The Morgan fingerprint density at radius 3 is 3.13 bits per heavy atom. The molecule has 2 aromatic rings. The highest BCUT2D eigenvalue weighted by Crippen LogP contribution is 2.32. The maximum atomic E-state index is 6.22. The maximum Gasteiger partial charge on any atom is 0.191 e. The van der Waals surface area contributed by atoms with Crippen molar-refractivity contribution in [3.63, 3.8) is 0 Å². The summed E-state index contributed by atoms with van der Waals surface area (Å²) in [5, 5.41) is 13.2. The molecule has 2 aliphatic rings.